The normalized spacial score (nSPS) is 13.4. The van der Waals surface area contributed by atoms with E-state index in [1.165, 1.54) is 24.3 Å². The predicted molar refractivity (Wildman–Crippen MR) is 108 cm³/mol. The Morgan fingerprint density at radius 3 is 2.41 bits per heavy atom. The number of nitrogens with zero attached hydrogens (tertiary/aromatic N) is 3. The van der Waals surface area contributed by atoms with Crippen LogP contribution in [-0.2, 0) is 13.0 Å². The Morgan fingerprint density at radius 2 is 1.76 bits per heavy atom. The SMILES string of the molecule is CC(C)c1nc2c(c(-c3ccc(O)cc3)n1)CN(C(=O)c1ccc(F)cc1)CC2. The lowest BCUT2D eigenvalue weighted by molar-refractivity contribution is 0.0733. The molecule has 0 atom stereocenters. The van der Waals surface area contributed by atoms with E-state index in [-0.39, 0.29) is 23.4 Å². The van der Waals surface area contributed by atoms with Gasteiger partial charge in [0.25, 0.3) is 5.91 Å². The van der Waals surface area contributed by atoms with Gasteiger partial charge in [0.15, 0.2) is 0 Å². The minimum Gasteiger partial charge on any atom is -0.508 e. The maximum atomic E-state index is 13.2. The van der Waals surface area contributed by atoms with Gasteiger partial charge in [0.2, 0.25) is 0 Å². The Bertz CT molecular complexity index is 1050. The molecule has 0 saturated carbocycles. The van der Waals surface area contributed by atoms with Gasteiger partial charge in [0.05, 0.1) is 11.4 Å². The summed E-state index contributed by atoms with van der Waals surface area (Å²) >= 11 is 0. The first-order valence-corrected chi connectivity index (χ1v) is 9.66. The second-order valence-electron chi connectivity index (χ2n) is 7.54. The van der Waals surface area contributed by atoms with E-state index < -0.39 is 0 Å². The van der Waals surface area contributed by atoms with Crippen LogP contribution in [0.15, 0.2) is 48.5 Å². The van der Waals surface area contributed by atoms with Crippen molar-refractivity contribution in [1.29, 1.82) is 0 Å². The number of halogens is 1. The fourth-order valence-corrected chi connectivity index (χ4v) is 3.50. The average Bonchev–Trinajstić information content (AvgIpc) is 2.73. The maximum absolute atomic E-state index is 13.2. The summed E-state index contributed by atoms with van der Waals surface area (Å²) in [6.45, 7) is 5.04. The molecule has 29 heavy (non-hydrogen) atoms. The number of carbonyl (C=O) groups is 1. The molecule has 0 saturated heterocycles. The highest BCUT2D eigenvalue weighted by molar-refractivity contribution is 5.94. The van der Waals surface area contributed by atoms with Gasteiger partial charge in [-0.2, -0.15) is 0 Å². The van der Waals surface area contributed by atoms with E-state index in [1.807, 2.05) is 12.1 Å². The molecule has 148 valence electrons. The molecule has 5 nitrogen and oxygen atoms in total. The van der Waals surface area contributed by atoms with Gasteiger partial charge in [0.1, 0.15) is 17.4 Å². The number of fused-ring (bicyclic) bond motifs is 1. The zero-order valence-corrected chi connectivity index (χ0v) is 16.4. The van der Waals surface area contributed by atoms with Crippen molar-refractivity contribution < 1.29 is 14.3 Å². The van der Waals surface area contributed by atoms with Gasteiger partial charge in [-0.05, 0) is 48.5 Å². The molecule has 2 aromatic carbocycles. The molecule has 1 aliphatic heterocycles. The fourth-order valence-electron chi connectivity index (χ4n) is 3.50. The second-order valence-corrected chi connectivity index (χ2v) is 7.54. The number of amides is 1. The summed E-state index contributed by atoms with van der Waals surface area (Å²) in [5.41, 5.74) is 3.99. The van der Waals surface area contributed by atoms with Crippen LogP contribution in [0.4, 0.5) is 4.39 Å². The second kappa shape index (κ2) is 7.62. The number of carbonyl (C=O) groups excluding carboxylic acids is 1. The molecule has 1 aromatic heterocycles. The molecule has 4 rings (SSSR count). The molecule has 2 heterocycles. The first-order chi connectivity index (χ1) is 13.9. The zero-order valence-electron chi connectivity index (χ0n) is 16.4. The third-order valence-electron chi connectivity index (χ3n) is 5.11. The highest BCUT2D eigenvalue weighted by atomic mass is 19.1. The molecular formula is C23H22FN3O2. The predicted octanol–water partition coefficient (Wildman–Crippen LogP) is 4.31. The fraction of sp³-hybridized carbons (Fsp3) is 0.261. The minimum absolute atomic E-state index is 0.139. The molecule has 3 aromatic rings. The van der Waals surface area contributed by atoms with Crippen LogP contribution in [0, 0.1) is 5.82 Å². The number of phenols is 1. The molecule has 0 bridgehead atoms. The van der Waals surface area contributed by atoms with Crippen molar-refractivity contribution in [2.75, 3.05) is 6.54 Å². The van der Waals surface area contributed by atoms with Crippen molar-refractivity contribution in [1.82, 2.24) is 14.9 Å². The topological polar surface area (TPSA) is 66.3 Å². The Morgan fingerprint density at radius 1 is 1.07 bits per heavy atom. The molecule has 6 heteroatoms. The molecular weight excluding hydrogens is 369 g/mol. The molecule has 0 fully saturated rings. The van der Waals surface area contributed by atoms with Crippen LogP contribution in [0.3, 0.4) is 0 Å². The number of hydrogen-bond acceptors (Lipinski definition) is 4. The average molecular weight is 391 g/mol. The molecule has 0 unspecified atom stereocenters. The number of rotatable bonds is 3. The summed E-state index contributed by atoms with van der Waals surface area (Å²) in [4.78, 5) is 24.2. The number of hydrogen-bond donors (Lipinski definition) is 1. The summed E-state index contributed by atoms with van der Waals surface area (Å²) in [6, 6.07) is 12.5. The van der Waals surface area contributed by atoms with Crippen LogP contribution in [0.25, 0.3) is 11.3 Å². The Balaban J connectivity index is 1.73. The van der Waals surface area contributed by atoms with Crippen molar-refractivity contribution in [2.24, 2.45) is 0 Å². The standard InChI is InChI=1S/C23H22FN3O2/c1-14(2)22-25-20-11-12-27(23(29)16-3-7-17(24)8-4-16)13-19(20)21(26-22)15-5-9-18(28)10-6-15/h3-10,14,28H,11-13H2,1-2H3. The van der Waals surface area contributed by atoms with E-state index in [0.717, 1.165) is 28.3 Å². The third-order valence-corrected chi connectivity index (χ3v) is 5.11. The lowest BCUT2D eigenvalue weighted by Gasteiger charge is -2.30. The molecule has 1 N–H and O–H groups in total. The Hall–Kier alpha value is -3.28. The monoisotopic (exact) mass is 391 g/mol. The Labute approximate surface area is 168 Å². The molecule has 1 aliphatic rings. The van der Waals surface area contributed by atoms with Gasteiger partial charge < -0.3 is 10.0 Å². The van der Waals surface area contributed by atoms with Crippen molar-refractivity contribution >= 4 is 5.91 Å². The van der Waals surface area contributed by atoms with Crippen LogP contribution in [0.2, 0.25) is 0 Å². The first kappa shape index (κ1) is 19.1. The summed E-state index contributed by atoms with van der Waals surface area (Å²) in [7, 11) is 0. The van der Waals surface area contributed by atoms with E-state index in [1.54, 1.807) is 17.0 Å². The molecule has 0 radical (unpaired) electrons. The van der Waals surface area contributed by atoms with Crippen molar-refractivity contribution in [3.05, 3.63) is 77.0 Å². The molecule has 0 spiro atoms. The molecule has 0 aliphatic carbocycles. The highest BCUT2D eigenvalue weighted by Crippen LogP contribution is 2.31. The largest absolute Gasteiger partial charge is 0.508 e. The van der Waals surface area contributed by atoms with E-state index in [9.17, 15) is 14.3 Å². The Kier molecular flexibility index (Phi) is 5.01. The number of aromatic nitrogens is 2. The lowest BCUT2D eigenvalue weighted by Crippen LogP contribution is -2.37. The highest BCUT2D eigenvalue weighted by Gasteiger charge is 2.27. The van der Waals surface area contributed by atoms with Gasteiger partial charge in [0, 0.05) is 42.1 Å². The number of aromatic hydroxyl groups is 1. The van der Waals surface area contributed by atoms with Gasteiger partial charge in [-0.25, -0.2) is 14.4 Å². The van der Waals surface area contributed by atoms with Crippen LogP contribution in [0.1, 0.15) is 47.2 Å². The lowest BCUT2D eigenvalue weighted by atomic mass is 9.97. The maximum Gasteiger partial charge on any atom is 0.254 e. The van der Waals surface area contributed by atoms with Gasteiger partial charge in [-0.3, -0.25) is 4.79 Å². The van der Waals surface area contributed by atoms with Crippen LogP contribution >= 0.6 is 0 Å². The van der Waals surface area contributed by atoms with E-state index in [4.69, 9.17) is 9.97 Å². The smallest absolute Gasteiger partial charge is 0.254 e. The molecule has 1 amide bonds. The van der Waals surface area contributed by atoms with Gasteiger partial charge in [-0.1, -0.05) is 13.8 Å². The summed E-state index contributed by atoms with van der Waals surface area (Å²) < 4.78 is 13.2. The summed E-state index contributed by atoms with van der Waals surface area (Å²) in [6.07, 6.45) is 0.635. The van der Waals surface area contributed by atoms with Crippen molar-refractivity contribution in [2.45, 2.75) is 32.7 Å². The zero-order chi connectivity index (χ0) is 20.5. The number of benzene rings is 2. The minimum atomic E-state index is -0.366. The van der Waals surface area contributed by atoms with E-state index in [2.05, 4.69) is 13.8 Å². The van der Waals surface area contributed by atoms with Gasteiger partial charge >= 0.3 is 0 Å². The first-order valence-electron chi connectivity index (χ1n) is 9.66. The van der Waals surface area contributed by atoms with Crippen molar-refractivity contribution in [3.63, 3.8) is 0 Å². The summed E-state index contributed by atoms with van der Waals surface area (Å²) in [5, 5.41) is 9.63. The van der Waals surface area contributed by atoms with Crippen molar-refractivity contribution in [3.8, 4) is 17.0 Å². The number of phenolic OH excluding ortho intramolecular Hbond substituents is 1. The van der Waals surface area contributed by atoms with Crippen LogP contribution in [0.5, 0.6) is 5.75 Å². The van der Waals surface area contributed by atoms with Crippen LogP contribution < -0.4 is 0 Å². The van der Waals surface area contributed by atoms with Crippen LogP contribution in [-0.4, -0.2) is 32.4 Å². The van der Waals surface area contributed by atoms with Gasteiger partial charge in [-0.15, -0.1) is 0 Å². The summed E-state index contributed by atoms with van der Waals surface area (Å²) in [5.74, 6) is 0.629. The third kappa shape index (κ3) is 3.83. The quantitative estimate of drug-likeness (QED) is 0.723. The van der Waals surface area contributed by atoms with E-state index >= 15 is 0 Å². The van der Waals surface area contributed by atoms with E-state index in [0.29, 0.717) is 25.1 Å².